The van der Waals surface area contributed by atoms with Crippen molar-refractivity contribution in [1.82, 2.24) is 5.06 Å². The maximum atomic E-state index is 12.5. The van der Waals surface area contributed by atoms with Gasteiger partial charge in [0.25, 0.3) is 32.1 Å². The molecular weight excluding hydrogens is 906 g/mol. The van der Waals surface area contributed by atoms with Gasteiger partial charge in [-0.05, 0) is 110 Å². The van der Waals surface area contributed by atoms with Gasteiger partial charge < -0.3 is 19.4 Å². The third-order valence-electron chi connectivity index (χ3n) is 13.0. The van der Waals surface area contributed by atoms with Crippen LogP contribution in [0.5, 0.6) is 5.75 Å². The molecule has 1 saturated heterocycles. The normalized spacial score (nSPS) is 20.2. The number of carbonyl (C=O) groups is 3. The molecule has 3 aromatic carbocycles. The van der Waals surface area contributed by atoms with Crippen molar-refractivity contribution >= 4 is 49.4 Å². The SMILES string of the molecule is CC1(C)/C(=C\C=C2/CCCC(/C=C/C3N(CCCCS(=O)(=O)O)c4ccccc4C3(C)C)=C2Oc2ccc(S(=O)(=O)O)cc2)N(CCCCCC(=O)ON2C(=O)CCC2=O)c2ccccc21.[Na+]. The standard InChI is InChI=1S/C50H59N3O11S2.Na/c1-49(2)39-17-7-9-19-41(39)51(32-11-5-6-21-47(56)64-53-45(54)30-31-46(53)55)43(49)28-22-35-15-14-16-36(48(35)63-37-24-26-38(27-25-37)66(60,61)62)23-29-44-50(3,4)40-18-8-10-20-42(40)52(44)33-12-13-34-65(57,58)59;/h7-10,17-20,22-29,44H,5-6,11-16,21,30-34H2,1-4H3,(H,57,58,59)(H,60,61,62);/q;+1/b29-23+,35-22+,43-28+;. The van der Waals surface area contributed by atoms with E-state index < -0.39 is 38.0 Å². The Morgan fingerprint density at radius 2 is 1.40 bits per heavy atom. The first-order valence-electron chi connectivity index (χ1n) is 22.6. The second kappa shape index (κ2) is 21.4. The van der Waals surface area contributed by atoms with Crippen molar-refractivity contribution in [3.8, 4) is 5.75 Å². The van der Waals surface area contributed by atoms with Crippen LogP contribution in [0, 0.1) is 0 Å². The number of ether oxygens (including phenoxy) is 1. The average Bonchev–Trinajstić information content (AvgIpc) is 3.78. The Labute approximate surface area is 416 Å². The summed E-state index contributed by atoms with van der Waals surface area (Å²) in [6.07, 6.45) is 13.9. The van der Waals surface area contributed by atoms with Crippen molar-refractivity contribution in [1.29, 1.82) is 0 Å². The van der Waals surface area contributed by atoms with Crippen LogP contribution in [0.25, 0.3) is 0 Å². The largest absolute Gasteiger partial charge is 1.00 e. The number of anilines is 2. The van der Waals surface area contributed by atoms with Crippen LogP contribution in [0.15, 0.2) is 125 Å². The number of imide groups is 1. The molecule has 2 N–H and O–H groups in total. The molecule has 1 atom stereocenters. The molecule has 7 rings (SSSR count). The van der Waals surface area contributed by atoms with Gasteiger partial charge in [-0.15, -0.1) is 5.06 Å². The van der Waals surface area contributed by atoms with Crippen LogP contribution in [0.2, 0.25) is 0 Å². The third kappa shape index (κ3) is 12.0. The number of carbonyl (C=O) groups excluding carboxylic acids is 3. The molecule has 4 aliphatic rings. The zero-order valence-electron chi connectivity index (χ0n) is 38.9. The summed E-state index contributed by atoms with van der Waals surface area (Å²) in [5.74, 6) is -0.867. The van der Waals surface area contributed by atoms with Gasteiger partial charge in [0.2, 0.25) is 0 Å². The fourth-order valence-electron chi connectivity index (χ4n) is 9.58. The number of hydrogen-bond donors (Lipinski definition) is 2. The molecule has 2 amide bonds. The van der Waals surface area contributed by atoms with E-state index in [9.17, 15) is 40.3 Å². The molecular formula is C50H59N3NaO11S2+. The maximum Gasteiger partial charge on any atom is 1.00 e. The summed E-state index contributed by atoms with van der Waals surface area (Å²) in [6.45, 7) is 10.0. The monoisotopic (exact) mass is 964 g/mol. The molecule has 0 bridgehead atoms. The molecule has 3 heterocycles. The van der Waals surface area contributed by atoms with E-state index in [1.807, 2.05) is 24.3 Å². The van der Waals surface area contributed by atoms with Crippen molar-refractivity contribution in [2.24, 2.45) is 0 Å². The van der Waals surface area contributed by atoms with E-state index in [0.717, 1.165) is 41.1 Å². The van der Waals surface area contributed by atoms with E-state index >= 15 is 0 Å². The van der Waals surface area contributed by atoms with Crippen LogP contribution in [0.4, 0.5) is 11.4 Å². The summed E-state index contributed by atoms with van der Waals surface area (Å²) in [6, 6.07) is 22.1. The van der Waals surface area contributed by atoms with Crippen LogP contribution in [-0.2, 0) is 50.3 Å². The summed E-state index contributed by atoms with van der Waals surface area (Å²) in [4.78, 5) is 45.7. The van der Waals surface area contributed by atoms with E-state index in [-0.39, 0.29) is 76.3 Å². The molecule has 1 unspecified atom stereocenters. The fourth-order valence-corrected chi connectivity index (χ4v) is 10.6. The number of benzene rings is 3. The number of unbranched alkanes of at least 4 members (excludes halogenated alkanes) is 3. The molecule has 14 nitrogen and oxygen atoms in total. The van der Waals surface area contributed by atoms with Crippen LogP contribution in [0.3, 0.4) is 0 Å². The number of para-hydroxylation sites is 2. The van der Waals surface area contributed by atoms with Gasteiger partial charge in [0.15, 0.2) is 0 Å². The second-order valence-electron chi connectivity index (χ2n) is 18.4. The minimum Gasteiger partial charge on any atom is -0.457 e. The van der Waals surface area contributed by atoms with Gasteiger partial charge in [-0.1, -0.05) is 88.7 Å². The van der Waals surface area contributed by atoms with Crippen LogP contribution in [-0.4, -0.2) is 73.7 Å². The predicted octanol–water partition coefficient (Wildman–Crippen LogP) is 5.92. The number of rotatable bonds is 18. The smallest absolute Gasteiger partial charge is 0.457 e. The molecule has 0 spiro atoms. The third-order valence-corrected chi connectivity index (χ3v) is 14.7. The molecule has 17 heteroatoms. The Kier molecular flexibility index (Phi) is 16.6. The van der Waals surface area contributed by atoms with Crippen LogP contribution < -0.4 is 44.1 Å². The van der Waals surface area contributed by atoms with E-state index in [4.69, 9.17) is 9.57 Å². The predicted molar refractivity (Wildman–Crippen MR) is 252 cm³/mol. The molecule has 0 saturated carbocycles. The van der Waals surface area contributed by atoms with E-state index in [1.54, 1.807) is 0 Å². The number of hydrogen-bond acceptors (Lipinski definition) is 11. The summed E-state index contributed by atoms with van der Waals surface area (Å²) in [5.41, 5.74) is 6.82. The van der Waals surface area contributed by atoms with E-state index in [0.29, 0.717) is 68.2 Å². The fraction of sp³-hybridized carbons (Fsp3) is 0.420. The molecule has 67 heavy (non-hydrogen) atoms. The van der Waals surface area contributed by atoms with Gasteiger partial charge in [0, 0.05) is 60.3 Å². The molecule has 0 radical (unpaired) electrons. The van der Waals surface area contributed by atoms with Gasteiger partial charge in [-0.2, -0.15) is 16.8 Å². The number of nitrogens with zero attached hydrogens (tertiary/aromatic N) is 3. The van der Waals surface area contributed by atoms with Gasteiger partial charge >= 0.3 is 35.5 Å². The quantitative estimate of drug-likeness (QED) is 0.0663. The number of hydroxylamine groups is 2. The Bertz CT molecular complexity index is 2690. The summed E-state index contributed by atoms with van der Waals surface area (Å²) in [5, 5.41) is 0.583. The van der Waals surface area contributed by atoms with Crippen molar-refractivity contribution in [3.05, 3.63) is 131 Å². The van der Waals surface area contributed by atoms with Crippen LogP contribution >= 0.6 is 0 Å². The van der Waals surface area contributed by atoms with Crippen molar-refractivity contribution < 1.29 is 79.5 Å². The van der Waals surface area contributed by atoms with Gasteiger partial charge in [0.1, 0.15) is 11.5 Å². The Morgan fingerprint density at radius 1 is 0.761 bits per heavy atom. The van der Waals surface area contributed by atoms with E-state index in [1.165, 1.54) is 35.4 Å². The Hall–Kier alpha value is -4.55. The molecule has 1 fully saturated rings. The first-order valence-corrected chi connectivity index (χ1v) is 25.6. The Morgan fingerprint density at radius 3 is 2.07 bits per heavy atom. The summed E-state index contributed by atoms with van der Waals surface area (Å²) < 4.78 is 72.6. The number of amides is 2. The molecule has 3 aliphatic heterocycles. The first kappa shape index (κ1) is 51.8. The van der Waals surface area contributed by atoms with E-state index in [2.05, 4.69) is 86.1 Å². The zero-order chi connectivity index (χ0) is 47.4. The number of fused-ring (bicyclic) bond motifs is 2. The minimum absolute atomic E-state index is 0. The Balaban J connectivity index is 0.00000741. The number of allylic oxidation sites excluding steroid dienone is 6. The van der Waals surface area contributed by atoms with Gasteiger partial charge in [-0.25, -0.2) is 4.79 Å². The first-order chi connectivity index (χ1) is 31.3. The molecule has 352 valence electrons. The minimum atomic E-state index is -4.42. The summed E-state index contributed by atoms with van der Waals surface area (Å²) >= 11 is 0. The topological polar surface area (TPSA) is 188 Å². The van der Waals surface area contributed by atoms with Crippen molar-refractivity contribution in [2.45, 2.75) is 120 Å². The van der Waals surface area contributed by atoms with Crippen molar-refractivity contribution in [3.63, 3.8) is 0 Å². The molecule has 0 aromatic heterocycles. The molecule has 1 aliphatic carbocycles. The van der Waals surface area contributed by atoms with Crippen molar-refractivity contribution in [2.75, 3.05) is 28.6 Å². The van der Waals surface area contributed by atoms with Gasteiger partial charge in [0.05, 0.1) is 16.7 Å². The summed E-state index contributed by atoms with van der Waals surface area (Å²) in [7, 11) is -8.50. The zero-order valence-corrected chi connectivity index (χ0v) is 42.6. The average molecular weight is 965 g/mol. The maximum absolute atomic E-state index is 12.5. The molecule has 3 aromatic rings. The van der Waals surface area contributed by atoms with Crippen LogP contribution in [0.1, 0.15) is 109 Å². The second-order valence-corrected chi connectivity index (χ2v) is 21.4. The van der Waals surface area contributed by atoms with Gasteiger partial charge in [-0.3, -0.25) is 18.7 Å².